The predicted octanol–water partition coefficient (Wildman–Crippen LogP) is 3.45. The third-order valence-electron chi connectivity index (χ3n) is 1.57. The zero-order valence-corrected chi connectivity index (χ0v) is 10.5. The zero-order chi connectivity index (χ0) is 10.0. The van der Waals surface area contributed by atoms with Gasteiger partial charge in [0.05, 0.1) is 0 Å². The number of hydrogen-bond acceptors (Lipinski definition) is 2. The molecule has 2 nitrogen and oxygen atoms in total. The predicted molar refractivity (Wildman–Crippen MR) is 58.8 cm³/mol. The van der Waals surface area contributed by atoms with Crippen LogP contribution in [-0.4, -0.2) is 10.8 Å². The second kappa shape index (κ2) is 4.33. The molecule has 1 aromatic rings. The lowest BCUT2D eigenvalue weighted by atomic mass is 10.1. The highest BCUT2D eigenvalue weighted by Crippen LogP contribution is 2.21. The molecule has 4 heteroatoms. The molecule has 1 aromatic heterocycles. The van der Waals surface area contributed by atoms with Gasteiger partial charge in [0.1, 0.15) is 5.69 Å². The normalized spacial score (nSPS) is 10.5. The van der Waals surface area contributed by atoms with Crippen LogP contribution in [-0.2, 0) is 0 Å². The third kappa shape index (κ3) is 2.61. The van der Waals surface area contributed by atoms with E-state index in [4.69, 9.17) is 0 Å². The van der Waals surface area contributed by atoms with E-state index in [1.54, 1.807) is 6.20 Å². The molecular formula is C9H9Br2NO. The summed E-state index contributed by atoms with van der Waals surface area (Å²) < 4.78 is 1.60. The van der Waals surface area contributed by atoms with E-state index < -0.39 is 0 Å². The Morgan fingerprint density at radius 2 is 2.08 bits per heavy atom. The van der Waals surface area contributed by atoms with Crippen LogP contribution in [0.3, 0.4) is 0 Å². The van der Waals surface area contributed by atoms with Crippen LogP contribution in [0.4, 0.5) is 0 Å². The molecule has 1 rings (SSSR count). The molecule has 0 aliphatic heterocycles. The van der Waals surface area contributed by atoms with Gasteiger partial charge >= 0.3 is 0 Å². The summed E-state index contributed by atoms with van der Waals surface area (Å²) >= 11 is 6.58. The summed E-state index contributed by atoms with van der Waals surface area (Å²) in [6.45, 7) is 3.72. The lowest BCUT2D eigenvalue weighted by Crippen LogP contribution is -2.10. The first-order valence-corrected chi connectivity index (χ1v) is 5.46. The largest absolute Gasteiger partial charge is 0.292 e. The molecule has 0 saturated carbocycles. The van der Waals surface area contributed by atoms with Gasteiger partial charge in [-0.15, -0.1) is 0 Å². The van der Waals surface area contributed by atoms with E-state index in [2.05, 4.69) is 36.8 Å². The van der Waals surface area contributed by atoms with E-state index >= 15 is 0 Å². The third-order valence-corrected chi connectivity index (χ3v) is 2.60. The van der Waals surface area contributed by atoms with Gasteiger partial charge in [0.15, 0.2) is 5.78 Å². The number of pyridine rings is 1. The van der Waals surface area contributed by atoms with E-state index in [9.17, 15) is 4.79 Å². The van der Waals surface area contributed by atoms with Crippen molar-refractivity contribution in [3.63, 3.8) is 0 Å². The first-order chi connectivity index (χ1) is 6.02. The van der Waals surface area contributed by atoms with Crippen molar-refractivity contribution >= 4 is 37.6 Å². The van der Waals surface area contributed by atoms with Crippen LogP contribution in [0.1, 0.15) is 24.3 Å². The Bertz CT molecular complexity index is 336. The van der Waals surface area contributed by atoms with Crippen LogP contribution in [0.25, 0.3) is 0 Å². The fourth-order valence-electron chi connectivity index (χ4n) is 0.869. The lowest BCUT2D eigenvalue weighted by Gasteiger charge is -2.05. The smallest absolute Gasteiger partial charge is 0.184 e. The van der Waals surface area contributed by atoms with Gasteiger partial charge in [-0.1, -0.05) is 13.8 Å². The Hall–Kier alpha value is -0.220. The maximum atomic E-state index is 11.6. The SMILES string of the molecule is CC(C)C(=O)c1ncc(Br)cc1Br. The molecule has 0 aromatic carbocycles. The molecule has 0 N–H and O–H groups in total. The summed E-state index contributed by atoms with van der Waals surface area (Å²) in [6.07, 6.45) is 1.63. The summed E-state index contributed by atoms with van der Waals surface area (Å²) in [5.41, 5.74) is 0.498. The monoisotopic (exact) mass is 305 g/mol. The Labute approximate surface area is 94.0 Å². The number of carbonyl (C=O) groups excluding carboxylic acids is 1. The summed E-state index contributed by atoms with van der Waals surface area (Å²) in [7, 11) is 0. The number of aromatic nitrogens is 1. The minimum Gasteiger partial charge on any atom is -0.292 e. The van der Waals surface area contributed by atoms with Crippen LogP contribution in [0.5, 0.6) is 0 Å². The van der Waals surface area contributed by atoms with E-state index in [1.165, 1.54) is 0 Å². The molecule has 70 valence electrons. The number of rotatable bonds is 2. The number of Topliss-reactive ketones (excluding diaryl/α,β-unsaturated/α-hetero) is 1. The van der Waals surface area contributed by atoms with Gasteiger partial charge in [-0.25, -0.2) is 0 Å². The fraction of sp³-hybridized carbons (Fsp3) is 0.333. The molecule has 0 fully saturated rings. The van der Waals surface area contributed by atoms with Gasteiger partial charge < -0.3 is 0 Å². The van der Waals surface area contributed by atoms with Crippen LogP contribution < -0.4 is 0 Å². The molecule has 13 heavy (non-hydrogen) atoms. The molecule has 1 heterocycles. The average Bonchev–Trinajstić information content (AvgIpc) is 2.03. The van der Waals surface area contributed by atoms with E-state index in [1.807, 2.05) is 19.9 Å². The highest BCUT2D eigenvalue weighted by atomic mass is 79.9. The second-order valence-electron chi connectivity index (χ2n) is 3.00. The van der Waals surface area contributed by atoms with Gasteiger partial charge in [-0.2, -0.15) is 0 Å². The van der Waals surface area contributed by atoms with Crippen LogP contribution >= 0.6 is 31.9 Å². The van der Waals surface area contributed by atoms with Crippen LogP contribution in [0.2, 0.25) is 0 Å². The Kier molecular flexibility index (Phi) is 3.62. The maximum Gasteiger partial charge on any atom is 0.184 e. The quantitative estimate of drug-likeness (QED) is 0.783. The molecule has 0 radical (unpaired) electrons. The minimum absolute atomic E-state index is 0.0232. The molecule has 0 spiro atoms. The number of hydrogen-bond donors (Lipinski definition) is 0. The van der Waals surface area contributed by atoms with Gasteiger partial charge in [0.2, 0.25) is 0 Å². The van der Waals surface area contributed by atoms with Crippen LogP contribution in [0.15, 0.2) is 21.2 Å². The van der Waals surface area contributed by atoms with Gasteiger partial charge in [0, 0.05) is 21.1 Å². The standard InChI is InChI=1S/C9H9Br2NO/c1-5(2)9(13)8-7(11)3-6(10)4-12-8/h3-5H,1-2H3. The van der Waals surface area contributed by atoms with E-state index in [-0.39, 0.29) is 11.7 Å². The Balaban J connectivity index is 3.09. The first kappa shape index (κ1) is 10.9. The van der Waals surface area contributed by atoms with Gasteiger partial charge in [-0.3, -0.25) is 9.78 Å². The van der Waals surface area contributed by atoms with Crippen molar-refractivity contribution in [2.75, 3.05) is 0 Å². The molecule has 0 saturated heterocycles. The van der Waals surface area contributed by atoms with Crippen LogP contribution in [0, 0.1) is 5.92 Å². The number of ketones is 1. The Morgan fingerprint density at radius 3 is 2.54 bits per heavy atom. The molecule has 0 unspecified atom stereocenters. The van der Waals surface area contributed by atoms with Gasteiger partial charge in [0.25, 0.3) is 0 Å². The minimum atomic E-state index is -0.0232. The maximum absolute atomic E-state index is 11.6. The summed E-state index contributed by atoms with van der Waals surface area (Å²) in [5, 5.41) is 0. The number of nitrogens with zero attached hydrogens (tertiary/aromatic N) is 1. The highest BCUT2D eigenvalue weighted by molar-refractivity contribution is 9.11. The van der Waals surface area contributed by atoms with E-state index in [0.717, 1.165) is 8.95 Å². The van der Waals surface area contributed by atoms with Crippen molar-refractivity contribution in [1.29, 1.82) is 0 Å². The molecular weight excluding hydrogens is 298 g/mol. The Morgan fingerprint density at radius 1 is 1.46 bits per heavy atom. The zero-order valence-electron chi connectivity index (χ0n) is 7.34. The molecule has 0 aliphatic carbocycles. The summed E-state index contributed by atoms with van der Waals surface area (Å²) in [5.74, 6) is 0.0318. The van der Waals surface area contributed by atoms with Crippen molar-refractivity contribution in [1.82, 2.24) is 4.98 Å². The molecule has 0 atom stereocenters. The van der Waals surface area contributed by atoms with Gasteiger partial charge in [-0.05, 0) is 37.9 Å². The van der Waals surface area contributed by atoms with Crippen molar-refractivity contribution in [2.24, 2.45) is 5.92 Å². The highest BCUT2D eigenvalue weighted by Gasteiger charge is 2.15. The topological polar surface area (TPSA) is 30.0 Å². The van der Waals surface area contributed by atoms with Crippen molar-refractivity contribution < 1.29 is 4.79 Å². The summed E-state index contributed by atoms with van der Waals surface area (Å²) in [4.78, 5) is 15.6. The summed E-state index contributed by atoms with van der Waals surface area (Å²) in [6, 6.07) is 1.82. The number of halogens is 2. The van der Waals surface area contributed by atoms with Crippen molar-refractivity contribution in [3.8, 4) is 0 Å². The molecule has 0 aliphatic rings. The number of carbonyl (C=O) groups is 1. The molecule has 0 bridgehead atoms. The van der Waals surface area contributed by atoms with Crippen molar-refractivity contribution in [2.45, 2.75) is 13.8 Å². The first-order valence-electron chi connectivity index (χ1n) is 3.87. The van der Waals surface area contributed by atoms with Crippen molar-refractivity contribution in [3.05, 3.63) is 26.9 Å². The van der Waals surface area contributed by atoms with E-state index in [0.29, 0.717) is 5.69 Å². The second-order valence-corrected chi connectivity index (χ2v) is 4.77. The lowest BCUT2D eigenvalue weighted by molar-refractivity contribution is 0.0933. The molecule has 0 amide bonds. The fourth-order valence-corrected chi connectivity index (χ4v) is 2.05. The average molecular weight is 307 g/mol.